The summed E-state index contributed by atoms with van der Waals surface area (Å²) in [6.45, 7) is 1.40. The minimum absolute atomic E-state index is 0.0640. The van der Waals surface area contributed by atoms with Crippen LogP contribution in [-0.2, 0) is 57.4 Å². The molecule has 6 amide bonds. The van der Waals surface area contributed by atoms with Gasteiger partial charge in [-0.1, -0.05) is 49.2 Å². The van der Waals surface area contributed by atoms with E-state index in [0.717, 1.165) is 43.2 Å². The lowest BCUT2D eigenvalue weighted by Crippen LogP contribution is -2.49. The Morgan fingerprint density at radius 3 is 1.19 bits per heavy atom. The first-order valence-corrected chi connectivity index (χ1v) is 25.2. The lowest BCUT2D eigenvalue weighted by molar-refractivity contribution is -0.145. The summed E-state index contributed by atoms with van der Waals surface area (Å²) in [5.74, 6) is -12.6. The zero-order valence-corrected chi connectivity index (χ0v) is 39.8. The molecule has 0 spiro atoms. The van der Waals surface area contributed by atoms with Gasteiger partial charge in [0.1, 0.15) is 49.3 Å². The van der Waals surface area contributed by atoms with Gasteiger partial charge in [0.15, 0.2) is 0 Å². The van der Waals surface area contributed by atoms with E-state index in [4.69, 9.17) is 41.4 Å². The molecule has 0 aliphatic rings. The summed E-state index contributed by atoms with van der Waals surface area (Å²) in [7, 11) is 3.88. The number of nitrogens with two attached hydrogens (primary N) is 2. The van der Waals surface area contributed by atoms with Gasteiger partial charge in [0, 0.05) is 47.0 Å². The van der Waals surface area contributed by atoms with Crippen molar-refractivity contribution in [3.05, 3.63) is 35.4 Å². The lowest BCUT2D eigenvalue weighted by atomic mass is 10.1. The summed E-state index contributed by atoms with van der Waals surface area (Å²) in [5, 5.41) is 50.0. The molecule has 68 heavy (non-hydrogen) atoms. The van der Waals surface area contributed by atoms with E-state index in [-0.39, 0.29) is 73.0 Å². The fourth-order valence-electron chi connectivity index (χ4n) is 4.86. The molecule has 1 aromatic carbocycles. The van der Waals surface area contributed by atoms with Crippen LogP contribution >= 0.6 is 43.2 Å². The standard InChI is InChI=1S/C38H54N8O18S4/c1-3-63-37(61)25(17-67-65-15-23(33(55)41-13-29(49)50)43-27(47)10-8-21(39)35(57)58)45-31(53)19-6-5-7-20(12-19)32(54)46-26(38(62)64-4-2)18-68-66-16-24(34(56)42-14-30(51)52)44-28(48)11-9-22(40)36(59)60/h5-7,12,21-26H,3-4,8-11,13-18,39-40H2,1-2H3,(H,41,55)(H,42,56)(H,43,47)(H,44,48)(H,45,53)(H,46,54)(H,49,50)(H,51,52)(H,57,58)(H,59,60). The average molecular weight is 1040 g/mol. The molecule has 1 rings (SSSR count). The Bertz CT molecular complexity index is 1840. The monoisotopic (exact) mass is 1040 g/mol. The molecule has 0 saturated heterocycles. The molecular formula is C38H54N8O18S4. The van der Waals surface area contributed by atoms with E-state index >= 15 is 0 Å². The number of esters is 2. The summed E-state index contributed by atoms with van der Waals surface area (Å²) in [6.07, 6.45) is -1.21. The molecule has 0 bridgehead atoms. The van der Waals surface area contributed by atoms with Gasteiger partial charge in [-0.05, 0) is 44.9 Å². The van der Waals surface area contributed by atoms with Crippen LogP contribution in [0.5, 0.6) is 0 Å². The van der Waals surface area contributed by atoms with Crippen LogP contribution in [0.1, 0.15) is 60.2 Å². The molecule has 0 aromatic heterocycles. The Hall–Kier alpha value is -5.82. The first-order chi connectivity index (χ1) is 32.1. The maximum Gasteiger partial charge on any atom is 0.329 e. The van der Waals surface area contributed by atoms with Crippen molar-refractivity contribution in [3.8, 4) is 0 Å². The zero-order chi connectivity index (χ0) is 51.3. The fraction of sp³-hybridized carbons (Fsp3) is 0.526. The van der Waals surface area contributed by atoms with E-state index < -0.39 is 121 Å². The minimum atomic E-state index is -1.36. The molecule has 378 valence electrons. The first-order valence-electron chi connectivity index (χ1n) is 20.2. The van der Waals surface area contributed by atoms with Gasteiger partial charge in [0.25, 0.3) is 11.8 Å². The number of carboxylic acid groups (broad SMARTS) is 4. The number of benzene rings is 1. The average Bonchev–Trinajstić information content (AvgIpc) is 3.29. The van der Waals surface area contributed by atoms with Crippen molar-refractivity contribution in [2.24, 2.45) is 11.5 Å². The van der Waals surface area contributed by atoms with Gasteiger partial charge in [0.05, 0.1) is 13.2 Å². The number of carbonyl (C=O) groups is 12. The third kappa shape index (κ3) is 24.8. The normalized spacial score (nSPS) is 13.4. The van der Waals surface area contributed by atoms with E-state index in [1.165, 1.54) is 38.1 Å². The third-order valence-corrected chi connectivity index (χ3v) is 13.2. The van der Waals surface area contributed by atoms with Gasteiger partial charge in [-0.2, -0.15) is 0 Å². The summed E-state index contributed by atoms with van der Waals surface area (Å²) in [4.78, 5) is 147. The Morgan fingerprint density at radius 1 is 0.544 bits per heavy atom. The number of amides is 6. The van der Waals surface area contributed by atoms with Crippen LogP contribution in [0.25, 0.3) is 0 Å². The highest BCUT2D eigenvalue weighted by Crippen LogP contribution is 2.25. The molecule has 0 radical (unpaired) electrons. The molecule has 6 atom stereocenters. The van der Waals surface area contributed by atoms with E-state index in [9.17, 15) is 57.5 Å². The predicted molar refractivity (Wildman–Crippen MR) is 247 cm³/mol. The molecule has 0 aliphatic carbocycles. The van der Waals surface area contributed by atoms with Crippen LogP contribution in [0, 0.1) is 0 Å². The Morgan fingerprint density at radius 2 is 0.882 bits per heavy atom. The van der Waals surface area contributed by atoms with E-state index in [2.05, 4.69) is 31.9 Å². The van der Waals surface area contributed by atoms with Crippen LogP contribution < -0.4 is 43.4 Å². The van der Waals surface area contributed by atoms with E-state index in [0.29, 0.717) is 0 Å². The number of hydrogen-bond acceptors (Lipinski definition) is 20. The Kier molecular flexibility index (Phi) is 29.0. The number of rotatable bonds is 34. The van der Waals surface area contributed by atoms with Crippen molar-refractivity contribution in [2.75, 3.05) is 49.3 Å². The van der Waals surface area contributed by atoms with Gasteiger partial charge in [-0.25, -0.2) is 9.59 Å². The summed E-state index contributed by atoms with van der Waals surface area (Å²) in [5.41, 5.74) is 10.7. The second kappa shape index (κ2) is 32.8. The molecule has 26 nitrogen and oxygen atoms in total. The quantitative estimate of drug-likeness (QED) is 0.0193. The number of aliphatic carboxylic acids is 4. The molecule has 0 heterocycles. The molecular weight excluding hydrogens is 985 g/mol. The van der Waals surface area contributed by atoms with Crippen LogP contribution in [0.2, 0.25) is 0 Å². The summed E-state index contributed by atoms with van der Waals surface area (Å²) < 4.78 is 10.2. The molecule has 6 unspecified atom stereocenters. The van der Waals surface area contributed by atoms with Crippen molar-refractivity contribution in [3.63, 3.8) is 0 Å². The van der Waals surface area contributed by atoms with Gasteiger partial charge >= 0.3 is 35.8 Å². The number of ether oxygens (including phenoxy) is 2. The van der Waals surface area contributed by atoms with E-state index in [1.54, 1.807) is 0 Å². The topological polar surface area (TPSA) is 428 Å². The van der Waals surface area contributed by atoms with Crippen LogP contribution in [0.4, 0.5) is 0 Å². The van der Waals surface area contributed by atoms with Crippen molar-refractivity contribution in [2.45, 2.75) is 75.8 Å². The maximum atomic E-state index is 13.4. The summed E-state index contributed by atoms with van der Waals surface area (Å²) >= 11 is 0. The predicted octanol–water partition coefficient (Wildman–Crippen LogP) is -2.47. The molecule has 0 fully saturated rings. The molecule has 30 heteroatoms. The van der Waals surface area contributed by atoms with Crippen LogP contribution in [0.15, 0.2) is 24.3 Å². The lowest BCUT2D eigenvalue weighted by Gasteiger charge is -2.20. The first kappa shape index (κ1) is 60.2. The van der Waals surface area contributed by atoms with Gasteiger partial charge < -0.3 is 73.3 Å². The largest absolute Gasteiger partial charge is 0.480 e. The van der Waals surface area contributed by atoms with Crippen molar-refractivity contribution in [1.82, 2.24) is 31.9 Å². The van der Waals surface area contributed by atoms with Gasteiger partial charge in [0.2, 0.25) is 23.6 Å². The minimum Gasteiger partial charge on any atom is -0.480 e. The smallest absolute Gasteiger partial charge is 0.329 e. The molecule has 1 aromatic rings. The second-order valence-corrected chi connectivity index (χ2v) is 18.8. The van der Waals surface area contributed by atoms with Crippen LogP contribution in [0.3, 0.4) is 0 Å². The maximum absolute atomic E-state index is 13.4. The highest BCUT2D eigenvalue weighted by atomic mass is 33.1. The van der Waals surface area contributed by atoms with Crippen LogP contribution in [-0.4, -0.2) is 177 Å². The Labute approximate surface area is 404 Å². The number of nitrogens with one attached hydrogen (secondary N) is 6. The zero-order valence-electron chi connectivity index (χ0n) is 36.6. The SMILES string of the molecule is CCOC(=O)C(CSSCC(NC(=O)CCC(N)C(=O)O)C(=O)NCC(=O)O)NC(=O)c1cccc(C(=O)NC(CSSCC(NC(=O)CCC(N)C(=O)O)C(=O)NCC(=O)O)C(=O)OCC)c1. The fourth-order valence-corrected chi connectivity index (χ4v) is 9.49. The van der Waals surface area contributed by atoms with E-state index in [1.807, 2.05) is 0 Å². The van der Waals surface area contributed by atoms with Gasteiger partial charge in [-0.15, -0.1) is 0 Å². The van der Waals surface area contributed by atoms with Crippen molar-refractivity contribution >= 4 is 114 Å². The second-order valence-electron chi connectivity index (χ2n) is 13.7. The highest BCUT2D eigenvalue weighted by Gasteiger charge is 2.29. The molecule has 14 N–H and O–H groups in total. The summed E-state index contributed by atoms with van der Waals surface area (Å²) in [6, 6.07) is -2.67. The number of carbonyl (C=O) groups excluding carboxylic acids is 8. The number of carboxylic acids is 4. The number of hydrogen-bond donors (Lipinski definition) is 12. The third-order valence-electron chi connectivity index (χ3n) is 8.38. The molecule has 0 aliphatic heterocycles. The Balaban J connectivity index is 3.06. The van der Waals surface area contributed by atoms with Crippen molar-refractivity contribution in [1.29, 1.82) is 0 Å². The van der Waals surface area contributed by atoms with Gasteiger partial charge in [-0.3, -0.25) is 47.9 Å². The van der Waals surface area contributed by atoms with Crippen molar-refractivity contribution < 1.29 is 87.4 Å². The highest BCUT2D eigenvalue weighted by molar-refractivity contribution is 8.77. The molecule has 0 saturated carbocycles.